The summed E-state index contributed by atoms with van der Waals surface area (Å²) in [6, 6.07) is 12.9. The molecule has 1 unspecified atom stereocenters. The van der Waals surface area contributed by atoms with Gasteiger partial charge in [0.05, 0.1) is 0 Å². The Hall–Kier alpha value is -1.08. The molecule has 0 spiro atoms. The number of hydrogen-bond donors (Lipinski definition) is 0. The minimum atomic E-state index is -1.66. The Labute approximate surface area is 221 Å². The topological polar surface area (TPSA) is 0 Å². The summed E-state index contributed by atoms with van der Waals surface area (Å²) in [6.45, 7) is 12.1. The lowest BCUT2D eigenvalue weighted by atomic mass is 9.87. The van der Waals surface area contributed by atoms with Crippen LogP contribution in [0.5, 0.6) is 0 Å². The van der Waals surface area contributed by atoms with E-state index in [2.05, 4.69) is 76.7 Å². The highest BCUT2D eigenvalue weighted by Gasteiger charge is 2.37. The zero-order chi connectivity index (χ0) is 25.4. The first-order chi connectivity index (χ1) is 16.9. The van der Waals surface area contributed by atoms with Gasteiger partial charge in [0, 0.05) is 0 Å². The average molecular weight is 495 g/mol. The molecule has 0 heterocycles. The highest BCUT2D eigenvalue weighted by atomic mass is 28.3. The van der Waals surface area contributed by atoms with Crippen LogP contribution in [0.25, 0.3) is 0 Å². The highest BCUT2D eigenvalue weighted by molar-refractivity contribution is 6.96. The summed E-state index contributed by atoms with van der Waals surface area (Å²) in [5.41, 5.74) is 1.88. The van der Waals surface area contributed by atoms with Crippen LogP contribution in [0.1, 0.15) is 137 Å². The predicted molar refractivity (Wildman–Crippen MR) is 162 cm³/mol. The van der Waals surface area contributed by atoms with Crippen molar-refractivity contribution in [1.29, 1.82) is 0 Å². The summed E-state index contributed by atoms with van der Waals surface area (Å²) in [5.74, 6) is 0. The molecule has 1 heteroatoms. The second kappa shape index (κ2) is 16.6. The van der Waals surface area contributed by atoms with Crippen LogP contribution in [0.4, 0.5) is 0 Å². The van der Waals surface area contributed by atoms with Crippen LogP contribution in [0.15, 0.2) is 53.3 Å². The van der Waals surface area contributed by atoms with Crippen LogP contribution < -0.4 is 5.19 Å². The van der Waals surface area contributed by atoms with Gasteiger partial charge in [0.1, 0.15) is 8.07 Å². The van der Waals surface area contributed by atoms with Gasteiger partial charge in [0.2, 0.25) is 0 Å². The van der Waals surface area contributed by atoms with E-state index in [4.69, 9.17) is 0 Å². The van der Waals surface area contributed by atoms with Gasteiger partial charge >= 0.3 is 0 Å². The summed E-state index contributed by atoms with van der Waals surface area (Å²) >= 11 is 0. The predicted octanol–water partition coefficient (Wildman–Crippen LogP) is 11.1. The first kappa shape index (κ1) is 30.1. The molecule has 1 aromatic carbocycles. The quantitative estimate of drug-likeness (QED) is 0.132. The lowest BCUT2D eigenvalue weighted by molar-refractivity contribution is 0.516. The third kappa shape index (κ3) is 10.8. The second-order valence-electron chi connectivity index (χ2n) is 12.5. The molecular weight excluding hydrogens is 436 g/mol. The van der Waals surface area contributed by atoms with Crippen molar-refractivity contribution in [2.24, 2.45) is 5.41 Å². The fourth-order valence-electron chi connectivity index (χ4n) is 6.03. The van der Waals surface area contributed by atoms with Crippen molar-refractivity contribution in [3.8, 4) is 0 Å². The number of hydrogen-bond acceptors (Lipinski definition) is 0. The van der Waals surface area contributed by atoms with Crippen molar-refractivity contribution in [2.75, 3.05) is 0 Å². The molecule has 35 heavy (non-hydrogen) atoms. The van der Waals surface area contributed by atoms with Gasteiger partial charge in [-0.1, -0.05) is 190 Å². The maximum atomic E-state index is 2.65. The molecule has 0 saturated carbocycles. The van der Waals surface area contributed by atoms with E-state index in [0.29, 0.717) is 0 Å². The van der Waals surface area contributed by atoms with Gasteiger partial charge in [-0.15, -0.1) is 0 Å². The molecule has 198 valence electrons. The van der Waals surface area contributed by atoms with Crippen LogP contribution in [0.3, 0.4) is 0 Å². The van der Waals surface area contributed by atoms with Crippen molar-refractivity contribution in [3.05, 3.63) is 53.3 Å². The van der Waals surface area contributed by atoms with Crippen molar-refractivity contribution in [2.45, 2.75) is 149 Å². The van der Waals surface area contributed by atoms with Gasteiger partial charge in [0.25, 0.3) is 0 Å². The molecule has 1 aromatic rings. The van der Waals surface area contributed by atoms with Gasteiger partial charge < -0.3 is 0 Å². The molecule has 0 nitrogen and oxygen atoms in total. The molecule has 0 aromatic heterocycles. The highest BCUT2D eigenvalue weighted by Crippen LogP contribution is 2.40. The summed E-state index contributed by atoms with van der Waals surface area (Å²) in [7, 11) is -1.66. The van der Waals surface area contributed by atoms with Crippen LogP contribution >= 0.6 is 0 Å². The van der Waals surface area contributed by atoms with Gasteiger partial charge in [-0.3, -0.25) is 0 Å². The van der Waals surface area contributed by atoms with Gasteiger partial charge in [-0.25, -0.2) is 0 Å². The fraction of sp³-hybridized carbons (Fsp3) is 0.706. The third-order valence-electron chi connectivity index (χ3n) is 8.35. The Balaban J connectivity index is 1.65. The molecule has 2 rings (SSSR count). The number of unbranched alkanes of at least 4 members (excludes halogenated alkanes) is 15. The normalized spacial score (nSPS) is 15.7. The Kier molecular flexibility index (Phi) is 14.3. The third-order valence-corrected chi connectivity index (χ3v) is 13.1. The summed E-state index contributed by atoms with van der Waals surface area (Å²) in [5, 5.41) is 3.44. The van der Waals surface area contributed by atoms with Crippen LogP contribution in [0, 0.1) is 5.41 Å². The molecular formula is C34H58Si. The molecule has 0 bridgehead atoms. The molecule has 0 N–H and O–H groups in total. The maximum absolute atomic E-state index is 2.65. The van der Waals surface area contributed by atoms with Crippen molar-refractivity contribution in [1.82, 2.24) is 0 Å². The van der Waals surface area contributed by atoms with Crippen molar-refractivity contribution >= 4 is 13.3 Å². The summed E-state index contributed by atoms with van der Waals surface area (Å²) < 4.78 is 0. The van der Waals surface area contributed by atoms with Crippen molar-refractivity contribution < 1.29 is 0 Å². The molecule has 0 aliphatic heterocycles. The lowest BCUT2D eigenvalue weighted by Crippen LogP contribution is -2.47. The second-order valence-corrected chi connectivity index (χ2v) is 16.8. The fourth-order valence-corrected chi connectivity index (χ4v) is 10.5. The van der Waals surface area contributed by atoms with E-state index >= 15 is 0 Å². The van der Waals surface area contributed by atoms with Crippen LogP contribution in [-0.2, 0) is 0 Å². The zero-order valence-corrected chi connectivity index (χ0v) is 25.3. The van der Waals surface area contributed by atoms with E-state index in [1.165, 1.54) is 115 Å². The van der Waals surface area contributed by atoms with E-state index in [1.807, 2.05) is 0 Å². The van der Waals surface area contributed by atoms with E-state index < -0.39 is 8.07 Å². The SMILES string of the molecule is CCCCCCCCCCCCCCCCCC[Si](C)(C1=C(C(C)(C)C)C=CC1)c1ccccc1. The number of allylic oxidation sites excluding steroid dienone is 4. The van der Waals surface area contributed by atoms with E-state index in [9.17, 15) is 0 Å². The standard InChI is InChI=1S/C34H58Si/c1-6-7-8-9-10-11-12-13-14-15-16-17-18-19-20-24-30-35(5,31-26-22-21-23-27-31)33-29-25-28-32(33)34(2,3)4/h21-23,25-28H,6-20,24,29-30H2,1-5H3. The Morgan fingerprint density at radius 3 is 1.57 bits per heavy atom. The Morgan fingerprint density at radius 1 is 0.657 bits per heavy atom. The summed E-state index contributed by atoms with van der Waals surface area (Å²) in [4.78, 5) is 0. The molecule has 0 fully saturated rings. The molecule has 0 saturated heterocycles. The van der Waals surface area contributed by atoms with E-state index in [1.54, 1.807) is 16.0 Å². The number of benzene rings is 1. The van der Waals surface area contributed by atoms with Gasteiger partial charge in [0.15, 0.2) is 0 Å². The smallest absolute Gasteiger partial charge is 0.0805 e. The Bertz CT molecular complexity index is 736. The van der Waals surface area contributed by atoms with Crippen LogP contribution in [0.2, 0.25) is 12.6 Å². The number of rotatable bonds is 19. The van der Waals surface area contributed by atoms with Crippen molar-refractivity contribution in [3.63, 3.8) is 0 Å². The Morgan fingerprint density at radius 2 is 1.11 bits per heavy atom. The molecule has 0 amide bonds. The molecule has 1 atom stereocenters. The van der Waals surface area contributed by atoms with Gasteiger partial charge in [-0.05, 0) is 23.5 Å². The minimum absolute atomic E-state index is 0.250. The maximum Gasteiger partial charge on any atom is 0.111 e. The van der Waals surface area contributed by atoms with Gasteiger partial charge in [-0.2, -0.15) is 0 Å². The first-order valence-corrected chi connectivity index (χ1v) is 18.1. The monoisotopic (exact) mass is 494 g/mol. The minimum Gasteiger partial charge on any atom is -0.0805 e. The van der Waals surface area contributed by atoms with E-state index in [0.717, 1.165) is 0 Å². The van der Waals surface area contributed by atoms with E-state index in [-0.39, 0.29) is 5.41 Å². The molecule has 1 aliphatic rings. The average Bonchev–Trinajstić information content (AvgIpc) is 3.36. The molecule has 0 radical (unpaired) electrons. The first-order valence-electron chi connectivity index (χ1n) is 15.4. The summed E-state index contributed by atoms with van der Waals surface area (Å²) in [6.07, 6.45) is 29.2. The van der Waals surface area contributed by atoms with Crippen LogP contribution in [-0.4, -0.2) is 8.07 Å². The molecule has 1 aliphatic carbocycles. The largest absolute Gasteiger partial charge is 0.111 e. The lowest BCUT2D eigenvalue weighted by Gasteiger charge is -2.34. The zero-order valence-electron chi connectivity index (χ0n) is 24.3.